The van der Waals surface area contributed by atoms with Gasteiger partial charge in [-0.1, -0.05) is 195 Å². The van der Waals surface area contributed by atoms with Crippen LogP contribution >= 0.6 is 0 Å². The first-order chi connectivity index (χ1) is 31.6. The molecule has 9 heteroatoms. The fraction of sp³-hybridized carbons (Fsp3) is 0.857. The van der Waals surface area contributed by atoms with E-state index in [1.54, 1.807) is 12.4 Å². The van der Waals surface area contributed by atoms with E-state index in [1.165, 1.54) is 64.2 Å². The van der Waals surface area contributed by atoms with Gasteiger partial charge in [-0.3, -0.25) is 19.4 Å². The highest BCUT2D eigenvalue weighted by molar-refractivity contribution is 5.75. The maximum absolute atomic E-state index is 12.9. The van der Waals surface area contributed by atoms with Crippen molar-refractivity contribution in [2.45, 2.75) is 259 Å². The van der Waals surface area contributed by atoms with Crippen LogP contribution in [0.25, 0.3) is 0 Å². The number of carboxylic acids is 2. The number of pyridine rings is 1. The molecule has 0 saturated carbocycles. The topological polar surface area (TPSA) is 120 Å². The van der Waals surface area contributed by atoms with E-state index in [1.807, 2.05) is 24.1 Å². The SMILES string of the molecule is CCCCCCCCC(CCCCCC)(CCCCCCN(CCCCCCC(CCCCCC)(CCCCCCCC)C(=O)O)CCCOC(=O)CCN(C)c1ccncc1)C(=O)O. The van der Waals surface area contributed by atoms with Crippen LogP contribution < -0.4 is 4.90 Å². The molecule has 0 aliphatic carbocycles. The molecule has 2 atom stereocenters. The quantitative estimate of drug-likeness (QED) is 0.0486. The molecule has 0 radical (unpaired) electrons. The molecule has 0 bridgehead atoms. The summed E-state index contributed by atoms with van der Waals surface area (Å²) < 4.78 is 5.68. The molecule has 0 aliphatic rings. The van der Waals surface area contributed by atoms with Crippen LogP contribution in [0.3, 0.4) is 0 Å². The number of carbonyl (C=O) groups is 3. The molecule has 1 aromatic rings. The highest BCUT2D eigenvalue weighted by Gasteiger charge is 2.37. The van der Waals surface area contributed by atoms with Crippen molar-refractivity contribution in [3.63, 3.8) is 0 Å². The van der Waals surface area contributed by atoms with Gasteiger partial charge in [-0.2, -0.15) is 0 Å². The number of aromatic nitrogens is 1. The summed E-state index contributed by atoms with van der Waals surface area (Å²) in [5.74, 6) is -1.32. The number of esters is 1. The molecule has 1 aromatic heterocycles. The average molecular weight is 914 g/mol. The van der Waals surface area contributed by atoms with E-state index in [2.05, 4.69) is 37.6 Å². The fourth-order valence-corrected chi connectivity index (χ4v) is 9.83. The average Bonchev–Trinajstić information content (AvgIpc) is 3.30. The highest BCUT2D eigenvalue weighted by Crippen LogP contribution is 2.39. The lowest BCUT2D eigenvalue weighted by atomic mass is 9.74. The molecule has 1 heterocycles. The zero-order chi connectivity index (χ0) is 47.7. The van der Waals surface area contributed by atoms with Crippen molar-refractivity contribution in [2.24, 2.45) is 10.8 Å². The summed E-state index contributed by atoms with van der Waals surface area (Å²) >= 11 is 0. The number of aliphatic carboxylic acids is 2. The standard InChI is InChI=1S/C56H103N3O6/c1-6-10-14-18-20-28-40-55(53(61)62,38-26-16-12-8-3)42-30-22-24-32-46-59(48-34-50-65-52(60)37-49-58(5)51-35-44-57-45-36-51)47-33-25-23-31-43-56(54(63)64,39-27-17-13-9-4)41-29-21-19-15-11-7-2/h35-36,44-45H,6-34,37-43,46-50H2,1-5H3,(H,61,62)(H,63,64). The first-order valence-electron chi connectivity index (χ1n) is 27.6. The van der Waals surface area contributed by atoms with Gasteiger partial charge in [-0.25, -0.2) is 0 Å². The van der Waals surface area contributed by atoms with Gasteiger partial charge in [0, 0.05) is 38.2 Å². The third kappa shape index (κ3) is 29.6. The lowest BCUT2D eigenvalue weighted by molar-refractivity contribution is -0.151. The van der Waals surface area contributed by atoms with Gasteiger partial charge in [0.25, 0.3) is 0 Å². The Bertz CT molecular complexity index is 1220. The van der Waals surface area contributed by atoms with Crippen LogP contribution in [0, 0.1) is 10.8 Å². The third-order valence-corrected chi connectivity index (χ3v) is 14.3. The van der Waals surface area contributed by atoms with Crippen LogP contribution in [-0.4, -0.2) is 77.8 Å². The Morgan fingerprint density at radius 1 is 0.477 bits per heavy atom. The van der Waals surface area contributed by atoms with Gasteiger partial charge < -0.3 is 24.7 Å². The van der Waals surface area contributed by atoms with Crippen molar-refractivity contribution in [3.8, 4) is 0 Å². The molecule has 0 aromatic carbocycles. The minimum atomic E-state index is -0.580. The van der Waals surface area contributed by atoms with Crippen molar-refractivity contribution in [3.05, 3.63) is 24.5 Å². The van der Waals surface area contributed by atoms with E-state index in [0.29, 0.717) is 19.6 Å². The zero-order valence-electron chi connectivity index (χ0n) is 43.2. The van der Waals surface area contributed by atoms with Crippen molar-refractivity contribution in [2.75, 3.05) is 44.7 Å². The molecule has 378 valence electrons. The van der Waals surface area contributed by atoms with Crippen molar-refractivity contribution in [1.82, 2.24) is 9.88 Å². The molecule has 65 heavy (non-hydrogen) atoms. The summed E-state index contributed by atoms with van der Waals surface area (Å²) in [5.41, 5.74) is -0.134. The van der Waals surface area contributed by atoms with E-state index >= 15 is 0 Å². The Morgan fingerprint density at radius 2 is 0.800 bits per heavy atom. The summed E-state index contributed by atoms with van der Waals surface area (Å²) in [4.78, 5) is 47.1. The lowest BCUT2D eigenvalue weighted by Gasteiger charge is -2.30. The number of hydrogen-bond donors (Lipinski definition) is 2. The third-order valence-electron chi connectivity index (χ3n) is 14.3. The van der Waals surface area contributed by atoms with E-state index in [4.69, 9.17) is 4.74 Å². The number of ether oxygens (including phenoxy) is 1. The van der Waals surface area contributed by atoms with Gasteiger partial charge in [-0.05, 0) is 83.0 Å². The second kappa shape index (κ2) is 40.4. The van der Waals surface area contributed by atoms with Gasteiger partial charge >= 0.3 is 17.9 Å². The Labute approximate surface area is 400 Å². The number of carboxylic acid groups (broad SMARTS) is 2. The second-order valence-electron chi connectivity index (χ2n) is 19.9. The predicted molar refractivity (Wildman–Crippen MR) is 274 cm³/mol. The van der Waals surface area contributed by atoms with Gasteiger partial charge in [0.15, 0.2) is 0 Å². The molecule has 0 fully saturated rings. The number of rotatable bonds is 48. The van der Waals surface area contributed by atoms with Crippen molar-refractivity contribution < 1.29 is 29.3 Å². The van der Waals surface area contributed by atoms with E-state index in [-0.39, 0.29) is 5.97 Å². The van der Waals surface area contributed by atoms with Crippen LogP contribution in [0.5, 0.6) is 0 Å². The normalized spacial score (nSPS) is 13.4. The maximum atomic E-state index is 12.9. The van der Waals surface area contributed by atoms with Gasteiger partial charge in [0.1, 0.15) is 0 Å². The number of carbonyl (C=O) groups excluding carboxylic acids is 1. The monoisotopic (exact) mass is 914 g/mol. The van der Waals surface area contributed by atoms with E-state index < -0.39 is 22.8 Å². The zero-order valence-corrected chi connectivity index (χ0v) is 43.2. The molecule has 0 aliphatic heterocycles. The van der Waals surface area contributed by atoms with Crippen LogP contribution in [0.15, 0.2) is 24.5 Å². The van der Waals surface area contributed by atoms with Crippen LogP contribution in [0.1, 0.15) is 259 Å². The second-order valence-corrected chi connectivity index (χ2v) is 19.9. The minimum absolute atomic E-state index is 0.170. The first kappa shape index (κ1) is 60.3. The lowest BCUT2D eigenvalue weighted by Crippen LogP contribution is -2.31. The van der Waals surface area contributed by atoms with Crippen LogP contribution in [-0.2, 0) is 19.1 Å². The van der Waals surface area contributed by atoms with Crippen molar-refractivity contribution in [1.29, 1.82) is 0 Å². The van der Waals surface area contributed by atoms with Gasteiger partial charge in [0.05, 0.1) is 23.9 Å². The Morgan fingerprint density at radius 3 is 1.17 bits per heavy atom. The van der Waals surface area contributed by atoms with Crippen molar-refractivity contribution >= 4 is 23.6 Å². The number of hydrogen-bond acceptors (Lipinski definition) is 7. The molecular formula is C56H103N3O6. The minimum Gasteiger partial charge on any atom is -0.481 e. The number of unbranched alkanes of at least 4 members (excludes halogenated alkanes) is 22. The number of anilines is 1. The van der Waals surface area contributed by atoms with Gasteiger partial charge in [-0.15, -0.1) is 0 Å². The molecule has 0 saturated heterocycles. The van der Waals surface area contributed by atoms with Crippen LogP contribution in [0.2, 0.25) is 0 Å². The fourth-order valence-electron chi connectivity index (χ4n) is 9.83. The summed E-state index contributed by atoms with van der Waals surface area (Å²) in [6, 6.07) is 3.87. The molecular weight excluding hydrogens is 811 g/mol. The summed E-state index contributed by atoms with van der Waals surface area (Å²) in [7, 11) is 1.97. The Balaban J connectivity index is 2.78. The Kier molecular flexibility index (Phi) is 37.5. The Hall–Kier alpha value is -2.68. The molecule has 0 spiro atoms. The summed E-state index contributed by atoms with van der Waals surface area (Å²) in [6.45, 7) is 12.8. The van der Waals surface area contributed by atoms with E-state index in [0.717, 1.165) is 186 Å². The summed E-state index contributed by atoms with van der Waals surface area (Å²) in [6.07, 6.45) is 41.1. The molecule has 2 unspecified atom stereocenters. The molecule has 2 N–H and O–H groups in total. The number of nitrogens with zero attached hydrogens (tertiary/aromatic N) is 3. The first-order valence-corrected chi connectivity index (χ1v) is 27.6. The largest absolute Gasteiger partial charge is 0.481 e. The van der Waals surface area contributed by atoms with Gasteiger partial charge in [0.2, 0.25) is 0 Å². The smallest absolute Gasteiger partial charge is 0.309 e. The molecule has 9 nitrogen and oxygen atoms in total. The summed E-state index contributed by atoms with van der Waals surface area (Å²) in [5, 5.41) is 21.2. The molecule has 1 rings (SSSR count). The maximum Gasteiger partial charge on any atom is 0.309 e. The highest BCUT2D eigenvalue weighted by atomic mass is 16.5. The van der Waals surface area contributed by atoms with Crippen LogP contribution in [0.4, 0.5) is 5.69 Å². The predicted octanol–water partition coefficient (Wildman–Crippen LogP) is 15.6. The van der Waals surface area contributed by atoms with E-state index in [9.17, 15) is 24.6 Å². The molecule has 0 amide bonds.